The van der Waals surface area contributed by atoms with Crippen LogP contribution in [0.25, 0.3) is 0 Å². The monoisotopic (exact) mass is 294 g/mol. The third-order valence-electron chi connectivity index (χ3n) is 2.98. The summed E-state index contributed by atoms with van der Waals surface area (Å²) in [5, 5.41) is 13.8. The Morgan fingerprint density at radius 1 is 1.29 bits per heavy atom. The number of amides is 1. The van der Waals surface area contributed by atoms with Gasteiger partial charge in [-0.1, -0.05) is 0 Å². The molecule has 0 atom stereocenters. The molecule has 7 nitrogen and oxygen atoms in total. The fourth-order valence-corrected chi connectivity index (χ4v) is 1.89. The summed E-state index contributed by atoms with van der Waals surface area (Å²) >= 11 is 0. The Hall–Kier alpha value is -2.15. The van der Waals surface area contributed by atoms with Crippen LogP contribution in [0.1, 0.15) is 16.8 Å². The number of hydrogen-bond donors (Lipinski definition) is 1. The van der Waals surface area contributed by atoms with Gasteiger partial charge in [-0.15, -0.1) is 0 Å². The molecular formula is C14H22N4O3. The number of nitrogens with one attached hydrogen (secondary N) is 1. The van der Waals surface area contributed by atoms with Crippen LogP contribution >= 0.6 is 0 Å². The van der Waals surface area contributed by atoms with Gasteiger partial charge in [0, 0.05) is 32.3 Å². The van der Waals surface area contributed by atoms with Crippen molar-refractivity contribution in [1.82, 2.24) is 10.2 Å². The quantitative estimate of drug-likeness (QED) is 0.466. The molecule has 1 amide bonds. The Bertz CT molecular complexity index is 515. The highest BCUT2D eigenvalue weighted by molar-refractivity contribution is 5.95. The Kier molecular flexibility index (Phi) is 6.10. The van der Waals surface area contributed by atoms with Gasteiger partial charge in [0.25, 0.3) is 11.6 Å². The summed E-state index contributed by atoms with van der Waals surface area (Å²) in [6.45, 7) is 1.42. The van der Waals surface area contributed by atoms with Gasteiger partial charge in [0.05, 0.1) is 4.92 Å². The average Bonchev–Trinajstić information content (AvgIpc) is 2.42. The SMILES string of the molecule is CN(C)CCCNC(=O)c1ccc(N(C)C)c([N+](=O)[O-])c1. The van der Waals surface area contributed by atoms with Gasteiger partial charge in [-0.3, -0.25) is 14.9 Å². The molecule has 116 valence electrons. The van der Waals surface area contributed by atoms with Crippen LogP contribution in [0.3, 0.4) is 0 Å². The smallest absolute Gasteiger partial charge is 0.293 e. The van der Waals surface area contributed by atoms with Gasteiger partial charge in [-0.05, 0) is 39.2 Å². The maximum absolute atomic E-state index is 12.0. The Morgan fingerprint density at radius 2 is 1.95 bits per heavy atom. The van der Waals surface area contributed by atoms with Crippen LogP contribution in [0.2, 0.25) is 0 Å². The van der Waals surface area contributed by atoms with E-state index >= 15 is 0 Å². The van der Waals surface area contributed by atoms with Gasteiger partial charge >= 0.3 is 0 Å². The van der Waals surface area contributed by atoms with Crippen LogP contribution in [0, 0.1) is 10.1 Å². The van der Waals surface area contributed by atoms with E-state index in [1.807, 2.05) is 19.0 Å². The van der Waals surface area contributed by atoms with E-state index in [-0.39, 0.29) is 11.6 Å². The van der Waals surface area contributed by atoms with Crippen molar-refractivity contribution in [2.75, 3.05) is 46.2 Å². The molecule has 7 heteroatoms. The molecule has 0 unspecified atom stereocenters. The molecule has 0 fully saturated rings. The number of hydrogen-bond acceptors (Lipinski definition) is 5. The first kappa shape index (κ1) is 16.9. The standard InChI is InChI=1S/C14H22N4O3/c1-16(2)9-5-8-15-14(19)11-6-7-12(17(3)4)13(10-11)18(20)21/h6-7,10H,5,8-9H2,1-4H3,(H,15,19). The first-order valence-electron chi connectivity index (χ1n) is 6.71. The molecule has 0 heterocycles. The first-order valence-corrected chi connectivity index (χ1v) is 6.71. The molecule has 0 spiro atoms. The first-order chi connectivity index (χ1) is 9.82. The molecule has 0 aromatic heterocycles. The van der Waals surface area contributed by atoms with Crippen LogP contribution in [0.5, 0.6) is 0 Å². The third kappa shape index (κ3) is 5.03. The minimum Gasteiger partial charge on any atom is -0.372 e. The summed E-state index contributed by atoms with van der Waals surface area (Å²) in [5.41, 5.74) is 0.710. The Morgan fingerprint density at radius 3 is 2.48 bits per heavy atom. The molecule has 0 aliphatic carbocycles. The van der Waals surface area contributed by atoms with Crippen molar-refractivity contribution in [3.05, 3.63) is 33.9 Å². The lowest BCUT2D eigenvalue weighted by Gasteiger charge is -2.13. The molecule has 0 bridgehead atoms. The van der Waals surface area contributed by atoms with Crippen molar-refractivity contribution in [3.63, 3.8) is 0 Å². The van der Waals surface area contributed by atoms with E-state index in [2.05, 4.69) is 5.32 Å². The lowest BCUT2D eigenvalue weighted by atomic mass is 10.1. The van der Waals surface area contributed by atoms with Crippen molar-refractivity contribution >= 4 is 17.3 Å². The molecule has 0 radical (unpaired) electrons. The van der Waals surface area contributed by atoms with E-state index in [1.165, 1.54) is 6.07 Å². The minimum absolute atomic E-state index is 0.0686. The van der Waals surface area contributed by atoms with E-state index < -0.39 is 4.92 Å². The highest BCUT2D eigenvalue weighted by Crippen LogP contribution is 2.27. The molecule has 1 aromatic carbocycles. The van der Waals surface area contributed by atoms with E-state index in [4.69, 9.17) is 0 Å². The Balaban J connectivity index is 2.77. The van der Waals surface area contributed by atoms with Gasteiger partial charge in [0.2, 0.25) is 0 Å². The topological polar surface area (TPSA) is 78.7 Å². The fraction of sp³-hybridized carbons (Fsp3) is 0.500. The lowest BCUT2D eigenvalue weighted by Crippen LogP contribution is -2.27. The fourth-order valence-electron chi connectivity index (χ4n) is 1.89. The number of nitro groups is 1. The van der Waals surface area contributed by atoms with Crippen molar-refractivity contribution in [3.8, 4) is 0 Å². The van der Waals surface area contributed by atoms with Crippen LogP contribution in [0.4, 0.5) is 11.4 Å². The van der Waals surface area contributed by atoms with Crippen LogP contribution in [-0.4, -0.2) is 57.0 Å². The van der Waals surface area contributed by atoms with Crippen molar-refractivity contribution in [1.29, 1.82) is 0 Å². The van der Waals surface area contributed by atoms with Crippen LogP contribution < -0.4 is 10.2 Å². The predicted octanol–water partition coefficient (Wildman–Crippen LogP) is 1.34. The maximum atomic E-state index is 12.0. The van der Waals surface area contributed by atoms with E-state index in [1.54, 1.807) is 31.1 Å². The molecule has 0 aliphatic rings. The second-order valence-electron chi connectivity index (χ2n) is 5.27. The molecule has 21 heavy (non-hydrogen) atoms. The van der Waals surface area contributed by atoms with Crippen molar-refractivity contribution in [2.45, 2.75) is 6.42 Å². The number of anilines is 1. The largest absolute Gasteiger partial charge is 0.372 e. The third-order valence-corrected chi connectivity index (χ3v) is 2.98. The normalized spacial score (nSPS) is 10.5. The van der Waals surface area contributed by atoms with Gasteiger partial charge in [-0.2, -0.15) is 0 Å². The van der Waals surface area contributed by atoms with E-state index in [0.717, 1.165) is 13.0 Å². The van der Waals surface area contributed by atoms with Crippen molar-refractivity contribution < 1.29 is 9.72 Å². The zero-order valence-electron chi connectivity index (χ0n) is 12.9. The highest BCUT2D eigenvalue weighted by Gasteiger charge is 2.18. The number of nitro benzene ring substituents is 1. The highest BCUT2D eigenvalue weighted by atomic mass is 16.6. The average molecular weight is 294 g/mol. The molecule has 1 N–H and O–H groups in total. The summed E-state index contributed by atoms with van der Waals surface area (Å²) in [6.07, 6.45) is 0.830. The predicted molar refractivity (Wildman–Crippen MR) is 82.9 cm³/mol. The second-order valence-corrected chi connectivity index (χ2v) is 5.27. The van der Waals surface area contributed by atoms with E-state index in [9.17, 15) is 14.9 Å². The number of nitrogens with zero attached hydrogens (tertiary/aromatic N) is 3. The molecule has 0 saturated heterocycles. The number of carbonyl (C=O) groups excluding carboxylic acids is 1. The summed E-state index contributed by atoms with van der Waals surface area (Å²) in [5.74, 6) is -0.290. The molecule has 1 rings (SSSR count). The van der Waals surface area contributed by atoms with E-state index in [0.29, 0.717) is 17.8 Å². The molecule has 0 aliphatic heterocycles. The summed E-state index contributed by atoms with van der Waals surface area (Å²) in [4.78, 5) is 26.3. The molecule has 1 aromatic rings. The van der Waals surface area contributed by atoms with Gasteiger partial charge in [0.15, 0.2) is 0 Å². The Labute approximate surface area is 124 Å². The zero-order valence-corrected chi connectivity index (χ0v) is 12.9. The van der Waals surface area contributed by atoms with Gasteiger partial charge < -0.3 is 15.1 Å². The van der Waals surface area contributed by atoms with Crippen LogP contribution in [-0.2, 0) is 0 Å². The molecule has 0 saturated carbocycles. The van der Waals surface area contributed by atoms with Gasteiger partial charge in [-0.25, -0.2) is 0 Å². The maximum Gasteiger partial charge on any atom is 0.293 e. The summed E-state index contributed by atoms with van der Waals surface area (Å²) in [6, 6.07) is 4.51. The van der Waals surface area contributed by atoms with Gasteiger partial charge in [0.1, 0.15) is 5.69 Å². The van der Waals surface area contributed by atoms with Crippen molar-refractivity contribution in [2.24, 2.45) is 0 Å². The molecular weight excluding hydrogens is 272 g/mol. The minimum atomic E-state index is -0.474. The summed E-state index contributed by atoms with van der Waals surface area (Å²) in [7, 11) is 7.38. The zero-order chi connectivity index (χ0) is 16.0. The summed E-state index contributed by atoms with van der Waals surface area (Å²) < 4.78 is 0. The van der Waals surface area contributed by atoms with Crippen LogP contribution in [0.15, 0.2) is 18.2 Å². The number of rotatable bonds is 7. The number of carbonyl (C=O) groups is 1. The second kappa shape index (κ2) is 7.58. The number of benzene rings is 1. The lowest BCUT2D eigenvalue weighted by molar-refractivity contribution is -0.384.